The van der Waals surface area contributed by atoms with Crippen LogP contribution in [0.5, 0.6) is 5.75 Å². The highest BCUT2D eigenvalue weighted by molar-refractivity contribution is 9.10. The van der Waals surface area contributed by atoms with E-state index in [9.17, 15) is 0 Å². The summed E-state index contributed by atoms with van der Waals surface area (Å²) in [5.41, 5.74) is 9.24. The molecule has 5 heteroatoms. The number of anilines is 2. The van der Waals surface area contributed by atoms with Crippen LogP contribution in [-0.2, 0) is 6.54 Å². The van der Waals surface area contributed by atoms with Crippen molar-refractivity contribution in [1.29, 1.82) is 5.26 Å². The minimum absolute atomic E-state index is 0.602. The molecule has 21 heavy (non-hydrogen) atoms. The van der Waals surface area contributed by atoms with E-state index in [1.54, 1.807) is 13.2 Å². The van der Waals surface area contributed by atoms with Gasteiger partial charge in [-0.2, -0.15) is 5.26 Å². The molecule has 0 atom stereocenters. The molecule has 0 spiro atoms. The smallest absolute Gasteiger partial charge is 0.123 e. The van der Waals surface area contributed by atoms with E-state index in [-0.39, 0.29) is 0 Å². The average Bonchev–Trinajstić information content (AvgIpc) is 2.46. The van der Waals surface area contributed by atoms with E-state index < -0.39 is 0 Å². The van der Waals surface area contributed by atoms with Crippen LogP contribution in [0.2, 0.25) is 0 Å². The van der Waals surface area contributed by atoms with Crippen molar-refractivity contribution in [3.05, 3.63) is 52.0 Å². The molecular weight excluding hydrogens is 330 g/mol. The molecule has 0 heterocycles. The Hall–Kier alpha value is -2.19. The quantitative estimate of drug-likeness (QED) is 0.860. The van der Waals surface area contributed by atoms with Gasteiger partial charge in [-0.15, -0.1) is 0 Å². The fourth-order valence-corrected chi connectivity index (χ4v) is 2.56. The molecule has 0 radical (unpaired) electrons. The summed E-state index contributed by atoms with van der Waals surface area (Å²) in [5.74, 6) is 0.761. The number of nitrogens with two attached hydrogens (primary N) is 1. The first-order valence-electron chi connectivity index (χ1n) is 6.38. The number of nitrogens with zero attached hydrogens (tertiary/aromatic N) is 2. The molecule has 0 fully saturated rings. The van der Waals surface area contributed by atoms with Crippen molar-refractivity contribution in [2.75, 3.05) is 24.8 Å². The molecule has 2 N–H and O–H groups in total. The largest absolute Gasteiger partial charge is 0.496 e. The van der Waals surface area contributed by atoms with Crippen LogP contribution in [0, 0.1) is 11.3 Å². The van der Waals surface area contributed by atoms with Gasteiger partial charge in [0, 0.05) is 23.6 Å². The second kappa shape index (κ2) is 6.51. The van der Waals surface area contributed by atoms with Crippen LogP contribution >= 0.6 is 15.9 Å². The van der Waals surface area contributed by atoms with Crippen molar-refractivity contribution < 1.29 is 4.74 Å². The number of methoxy groups -OCH3 is 1. The van der Waals surface area contributed by atoms with E-state index in [1.165, 1.54) is 0 Å². The van der Waals surface area contributed by atoms with Gasteiger partial charge >= 0.3 is 0 Å². The van der Waals surface area contributed by atoms with Crippen LogP contribution in [-0.4, -0.2) is 14.2 Å². The molecule has 2 rings (SSSR count). The van der Waals surface area contributed by atoms with Gasteiger partial charge in [0.1, 0.15) is 5.75 Å². The molecule has 0 amide bonds. The van der Waals surface area contributed by atoms with Crippen LogP contribution in [0.1, 0.15) is 11.1 Å². The molecule has 0 aliphatic carbocycles. The zero-order valence-electron chi connectivity index (χ0n) is 11.9. The molecule has 108 valence electrons. The molecule has 2 aromatic carbocycles. The van der Waals surface area contributed by atoms with E-state index in [0.29, 0.717) is 17.8 Å². The summed E-state index contributed by atoms with van der Waals surface area (Å²) in [5, 5.41) is 9.02. The summed E-state index contributed by atoms with van der Waals surface area (Å²) < 4.78 is 6.30. The second-order valence-corrected chi connectivity index (χ2v) is 5.61. The third-order valence-corrected chi connectivity index (χ3v) is 3.71. The van der Waals surface area contributed by atoms with Gasteiger partial charge in [-0.1, -0.05) is 15.9 Å². The summed E-state index contributed by atoms with van der Waals surface area (Å²) in [4.78, 5) is 2.03. The number of ether oxygens (including phenoxy) is 1. The van der Waals surface area contributed by atoms with Gasteiger partial charge in [0.15, 0.2) is 0 Å². The minimum Gasteiger partial charge on any atom is -0.496 e. The fraction of sp³-hybridized carbons (Fsp3) is 0.188. The number of hydrogen-bond acceptors (Lipinski definition) is 4. The summed E-state index contributed by atoms with van der Waals surface area (Å²) in [6, 6.07) is 13.3. The Balaban J connectivity index is 2.30. The molecule has 0 saturated carbocycles. The first kappa shape index (κ1) is 15.2. The normalized spacial score (nSPS) is 10.0. The van der Waals surface area contributed by atoms with Crippen molar-refractivity contribution >= 4 is 27.3 Å². The summed E-state index contributed by atoms with van der Waals surface area (Å²) in [6.45, 7) is 0.602. The van der Waals surface area contributed by atoms with Crippen LogP contribution in [0.25, 0.3) is 0 Å². The number of nitriles is 1. The third kappa shape index (κ3) is 3.47. The molecular formula is C16H16BrN3O. The van der Waals surface area contributed by atoms with Gasteiger partial charge in [0.2, 0.25) is 0 Å². The minimum atomic E-state index is 0.602. The summed E-state index contributed by atoms with van der Waals surface area (Å²) in [7, 11) is 3.58. The maximum atomic E-state index is 9.02. The third-order valence-electron chi connectivity index (χ3n) is 3.22. The van der Waals surface area contributed by atoms with Crippen molar-refractivity contribution in [3.63, 3.8) is 0 Å². The molecule has 0 aromatic heterocycles. The molecule has 2 aromatic rings. The Morgan fingerprint density at radius 1 is 1.29 bits per heavy atom. The van der Waals surface area contributed by atoms with Gasteiger partial charge in [0.05, 0.1) is 30.1 Å². The van der Waals surface area contributed by atoms with Crippen molar-refractivity contribution in [2.45, 2.75) is 6.54 Å². The van der Waals surface area contributed by atoms with Crippen molar-refractivity contribution in [2.24, 2.45) is 0 Å². The zero-order chi connectivity index (χ0) is 15.4. The molecule has 4 nitrogen and oxygen atoms in total. The highest BCUT2D eigenvalue weighted by atomic mass is 79.9. The maximum Gasteiger partial charge on any atom is 0.123 e. The Morgan fingerprint density at radius 2 is 2.05 bits per heavy atom. The predicted molar refractivity (Wildman–Crippen MR) is 88.4 cm³/mol. The van der Waals surface area contributed by atoms with E-state index in [2.05, 4.69) is 22.0 Å². The summed E-state index contributed by atoms with van der Waals surface area (Å²) in [6.07, 6.45) is 0. The summed E-state index contributed by atoms with van der Waals surface area (Å²) >= 11 is 3.40. The first-order valence-corrected chi connectivity index (χ1v) is 7.17. The predicted octanol–water partition coefficient (Wildman–Crippen LogP) is 3.55. The highest BCUT2D eigenvalue weighted by Gasteiger charge is 2.10. The number of benzene rings is 2. The van der Waals surface area contributed by atoms with E-state index >= 15 is 0 Å². The standard InChI is InChI=1S/C16H16BrN3O/c1-20(15-5-4-13(17)8-14(15)19)10-12-7-11(9-18)3-6-16(12)21-2/h3-8H,10,19H2,1-2H3. The topological polar surface area (TPSA) is 62.3 Å². The monoisotopic (exact) mass is 345 g/mol. The fourth-order valence-electron chi connectivity index (χ4n) is 2.19. The Labute approximate surface area is 132 Å². The molecule has 0 unspecified atom stereocenters. The Bertz CT molecular complexity index is 694. The average molecular weight is 346 g/mol. The van der Waals surface area contributed by atoms with E-state index in [4.69, 9.17) is 15.7 Å². The van der Waals surface area contributed by atoms with Crippen molar-refractivity contribution in [1.82, 2.24) is 0 Å². The lowest BCUT2D eigenvalue weighted by molar-refractivity contribution is 0.409. The second-order valence-electron chi connectivity index (χ2n) is 4.70. The Morgan fingerprint density at radius 3 is 2.67 bits per heavy atom. The van der Waals surface area contributed by atoms with E-state index in [0.717, 1.165) is 21.5 Å². The number of rotatable bonds is 4. The van der Waals surface area contributed by atoms with Gasteiger partial charge in [-0.3, -0.25) is 0 Å². The van der Waals surface area contributed by atoms with Gasteiger partial charge in [-0.25, -0.2) is 0 Å². The van der Waals surface area contributed by atoms with Gasteiger partial charge in [-0.05, 0) is 36.4 Å². The van der Waals surface area contributed by atoms with Gasteiger partial charge in [0.25, 0.3) is 0 Å². The first-order chi connectivity index (χ1) is 10.0. The lowest BCUT2D eigenvalue weighted by atomic mass is 10.1. The molecule has 0 saturated heterocycles. The van der Waals surface area contributed by atoms with E-state index in [1.807, 2.05) is 42.3 Å². The van der Waals surface area contributed by atoms with Crippen LogP contribution in [0.4, 0.5) is 11.4 Å². The Kier molecular flexibility index (Phi) is 4.71. The SMILES string of the molecule is COc1ccc(C#N)cc1CN(C)c1ccc(Br)cc1N. The highest BCUT2D eigenvalue weighted by Crippen LogP contribution is 2.29. The zero-order valence-corrected chi connectivity index (χ0v) is 13.5. The molecule has 0 aliphatic heterocycles. The van der Waals surface area contributed by atoms with Crippen LogP contribution in [0.15, 0.2) is 40.9 Å². The number of hydrogen-bond donors (Lipinski definition) is 1. The number of halogens is 1. The van der Waals surface area contributed by atoms with Crippen molar-refractivity contribution in [3.8, 4) is 11.8 Å². The number of nitrogen functional groups attached to an aromatic ring is 1. The molecule has 0 aliphatic rings. The van der Waals surface area contributed by atoms with Crippen LogP contribution < -0.4 is 15.4 Å². The maximum absolute atomic E-state index is 9.02. The van der Waals surface area contributed by atoms with Crippen LogP contribution in [0.3, 0.4) is 0 Å². The lowest BCUT2D eigenvalue weighted by Crippen LogP contribution is -2.18. The lowest BCUT2D eigenvalue weighted by Gasteiger charge is -2.22. The van der Waals surface area contributed by atoms with Gasteiger partial charge < -0.3 is 15.4 Å². The molecule has 0 bridgehead atoms.